The normalized spacial score (nSPS) is 22.4. The number of nitrogens with two attached hydrogens (primary N) is 1. The molecular weight excluding hydrogens is 264 g/mol. The third kappa shape index (κ3) is 2.03. The summed E-state index contributed by atoms with van der Waals surface area (Å²) in [5.74, 6) is -0.760. The topological polar surface area (TPSA) is 69.6 Å². The molecule has 106 valence electrons. The molecule has 1 fully saturated rings. The van der Waals surface area contributed by atoms with Gasteiger partial charge in [0, 0.05) is 6.07 Å². The zero-order chi connectivity index (χ0) is 14.3. The van der Waals surface area contributed by atoms with E-state index in [-0.39, 0.29) is 17.3 Å². The number of rotatable bonds is 2. The van der Waals surface area contributed by atoms with Gasteiger partial charge in [-0.05, 0) is 35.3 Å². The summed E-state index contributed by atoms with van der Waals surface area (Å²) in [6, 6.07) is 2.15. The lowest BCUT2D eigenvalue weighted by molar-refractivity contribution is 0.370. The number of aromatic nitrogens is 4. The molecule has 2 atom stereocenters. The van der Waals surface area contributed by atoms with Gasteiger partial charge in [0.15, 0.2) is 5.82 Å². The average Bonchev–Trinajstić information content (AvgIpc) is 3.02. The van der Waals surface area contributed by atoms with E-state index in [9.17, 15) is 8.78 Å². The first kappa shape index (κ1) is 13.0. The van der Waals surface area contributed by atoms with E-state index in [0.717, 1.165) is 25.3 Å². The Kier molecular flexibility index (Phi) is 3.11. The molecule has 1 aliphatic carbocycles. The number of anilines is 1. The Morgan fingerprint density at radius 2 is 2.05 bits per heavy atom. The van der Waals surface area contributed by atoms with Crippen LogP contribution in [0.5, 0.6) is 0 Å². The van der Waals surface area contributed by atoms with Crippen molar-refractivity contribution >= 4 is 5.69 Å². The molecule has 1 saturated carbocycles. The molecule has 1 aromatic carbocycles. The van der Waals surface area contributed by atoms with Crippen LogP contribution in [0, 0.1) is 17.6 Å². The van der Waals surface area contributed by atoms with E-state index in [2.05, 4.69) is 22.4 Å². The third-order valence-corrected chi connectivity index (χ3v) is 3.95. The summed E-state index contributed by atoms with van der Waals surface area (Å²) >= 11 is 0. The van der Waals surface area contributed by atoms with E-state index >= 15 is 0 Å². The van der Waals surface area contributed by atoms with Crippen molar-refractivity contribution in [2.24, 2.45) is 5.92 Å². The van der Waals surface area contributed by atoms with Crippen LogP contribution in [0.4, 0.5) is 14.5 Å². The van der Waals surface area contributed by atoms with Crippen LogP contribution in [-0.4, -0.2) is 20.2 Å². The lowest BCUT2D eigenvalue weighted by atomic mass is 10.1. The SMILES string of the molecule is CC1CCCC1n1nnnc1-c1cc(N)c(F)cc1F. The maximum atomic E-state index is 14.0. The molecule has 1 aromatic heterocycles. The van der Waals surface area contributed by atoms with Crippen LogP contribution in [0.3, 0.4) is 0 Å². The standard InChI is InChI=1S/C13H15F2N5/c1-7-3-2-4-12(7)20-13(17-18-19-20)8-5-11(16)10(15)6-9(8)14/h5-7,12H,2-4,16H2,1H3. The van der Waals surface area contributed by atoms with Crippen LogP contribution >= 0.6 is 0 Å². The van der Waals surface area contributed by atoms with Crippen molar-refractivity contribution < 1.29 is 8.78 Å². The Hall–Kier alpha value is -2.05. The van der Waals surface area contributed by atoms with Gasteiger partial charge in [-0.1, -0.05) is 13.3 Å². The van der Waals surface area contributed by atoms with Crippen LogP contribution in [0.2, 0.25) is 0 Å². The highest BCUT2D eigenvalue weighted by Crippen LogP contribution is 2.37. The molecule has 0 aliphatic heterocycles. The maximum Gasteiger partial charge on any atom is 0.185 e. The fraction of sp³-hybridized carbons (Fsp3) is 0.462. The highest BCUT2D eigenvalue weighted by molar-refractivity contribution is 5.62. The largest absolute Gasteiger partial charge is 0.396 e. The molecule has 1 heterocycles. The van der Waals surface area contributed by atoms with Gasteiger partial charge in [0.1, 0.15) is 11.6 Å². The molecule has 0 radical (unpaired) electrons. The fourth-order valence-corrected chi connectivity index (χ4v) is 2.82. The lowest BCUT2D eigenvalue weighted by Gasteiger charge is -2.17. The number of nitrogen functional groups attached to an aromatic ring is 1. The summed E-state index contributed by atoms with van der Waals surface area (Å²) in [6.07, 6.45) is 3.15. The predicted octanol–water partition coefficient (Wildman–Crippen LogP) is 2.56. The summed E-state index contributed by atoms with van der Waals surface area (Å²) in [4.78, 5) is 0. The quantitative estimate of drug-likeness (QED) is 0.858. The molecule has 20 heavy (non-hydrogen) atoms. The summed E-state index contributed by atoms with van der Waals surface area (Å²) in [5.41, 5.74) is 5.52. The van der Waals surface area contributed by atoms with Crippen molar-refractivity contribution in [3.05, 3.63) is 23.8 Å². The Morgan fingerprint density at radius 3 is 2.75 bits per heavy atom. The Bertz CT molecular complexity index is 640. The van der Waals surface area contributed by atoms with E-state index in [1.54, 1.807) is 4.68 Å². The number of tetrazole rings is 1. The second-order valence-corrected chi connectivity index (χ2v) is 5.28. The minimum atomic E-state index is -0.778. The van der Waals surface area contributed by atoms with E-state index in [4.69, 9.17) is 5.73 Å². The van der Waals surface area contributed by atoms with Crippen molar-refractivity contribution in [3.8, 4) is 11.4 Å². The Labute approximate surface area is 114 Å². The molecule has 0 saturated heterocycles. The smallest absolute Gasteiger partial charge is 0.185 e. The van der Waals surface area contributed by atoms with Gasteiger partial charge in [0.2, 0.25) is 0 Å². The zero-order valence-corrected chi connectivity index (χ0v) is 11.1. The summed E-state index contributed by atoms with van der Waals surface area (Å²) in [7, 11) is 0. The first-order valence-corrected chi connectivity index (χ1v) is 6.60. The molecule has 7 heteroatoms. The van der Waals surface area contributed by atoms with Gasteiger partial charge < -0.3 is 5.73 Å². The number of hydrogen-bond donors (Lipinski definition) is 1. The number of nitrogens with zero attached hydrogens (tertiary/aromatic N) is 4. The molecule has 1 aliphatic rings. The highest BCUT2D eigenvalue weighted by Gasteiger charge is 2.29. The van der Waals surface area contributed by atoms with Gasteiger partial charge >= 0.3 is 0 Å². The van der Waals surface area contributed by atoms with Crippen molar-refractivity contribution in [3.63, 3.8) is 0 Å². The summed E-state index contributed by atoms with van der Waals surface area (Å²) in [6.45, 7) is 2.12. The summed E-state index contributed by atoms with van der Waals surface area (Å²) < 4.78 is 28.8. The van der Waals surface area contributed by atoms with Crippen molar-refractivity contribution in [2.45, 2.75) is 32.2 Å². The fourth-order valence-electron chi connectivity index (χ4n) is 2.82. The van der Waals surface area contributed by atoms with Gasteiger partial charge in [0.25, 0.3) is 0 Å². The summed E-state index contributed by atoms with van der Waals surface area (Å²) in [5, 5.41) is 11.5. The Morgan fingerprint density at radius 1 is 1.25 bits per heavy atom. The van der Waals surface area contributed by atoms with E-state index < -0.39 is 11.6 Å². The van der Waals surface area contributed by atoms with Crippen molar-refractivity contribution in [1.29, 1.82) is 0 Å². The van der Waals surface area contributed by atoms with Crippen LogP contribution in [-0.2, 0) is 0 Å². The molecule has 2 aromatic rings. The Balaban J connectivity index is 2.08. The molecule has 0 spiro atoms. The van der Waals surface area contributed by atoms with Gasteiger partial charge in [0.05, 0.1) is 17.3 Å². The van der Waals surface area contributed by atoms with Gasteiger partial charge in [-0.15, -0.1) is 5.10 Å². The lowest BCUT2D eigenvalue weighted by Crippen LogP contribution is -2.15. The molecular formula is C13H15F2N5. The number of benzene rings is 1. The van der Waals surface area contributed by atoms with Crippen LogP contribution in [0.1, 0.15) is 32.2 Å². The first-order valence-electron chi connectivity index (χ1n) is 6.60. The van der Waals surface area contributed by atoms with E-state index in [1.165, 1.54) is 6.07 Å². The van der Waals surface area contributed by atoms with Gasteiger partial charge in [-0.2, -0.15) is 0 Å². The highest BCUT2D eigenvalue weighted by atomic mass is 19.1. The van der Waals surface area contributed by atoms with Crippen LogP contribution in [0.15, 0.2) is 12.1 Å². The predicted molar refractivity (Wildman–Crippen MR) is 69.6 cm³/mol. The second-order valence-electron chi connectivity index (χ2n) is 5.28. The molecule has 2 N–H and O–H groups in total. The molecule has 0 bridgehead atoms. The maximum absolute atomic E-state index is 14.0. The average molecular weight is 279 g/mol. The van der Waals surface area contributed by atoms with Crippen LogP contribution in [0.25, 0.3) is 11.4 Å². The monoisotopic (exact) mass is 279 g/mol. The molecule has 2 unspecified atom stereocenters. The molecule has 5 nitrogen and oxygen atoms in total. The minimum Gasteiger partial charge on any atom is -0.396 e. The van der Waals surface area contributed by atoms with Gasteiger partial charge in [-0.3, -0.25) is 0 Å². The number of halogens is 2. The van der Waals surface area contributed by atoms with Crippen LogP contribution < -0.4 is 5.73 Å². The van der Waals surface area contributed by atoms with Crippen molar-refractivity contribution in [2.75, 3.05) is 5.73 Å². The van der Waals surface area contributed by atoms with E-state index in [1.807, 2.05) is 0 Å². The third-order valence-electron chi connectivity index (χ3n) is 3.95. The molecule has 3 rings (SSSR count). The van der Waals surface area contributed by atoms with E-state index in [0.29, 0.717) is 11.7 Å². The second kappa shape index (κ2) is 4.81. The molecule has 0 amide bonds. The van der Waals surface area contributed by atoms with Crippen molar-refractivity contribution in [1.82, 2.24) is 20.2 Å². The first-order chi connectivity index (χ1) is 9.58. The minimum absolute atomic E-state index is 0.115. The van der Waals surface area contributed by atoms with Gasteiger partial charge in [-0.25, -0.2) is 13.5 Å². The zero-order valence-electron chi connectivity index (χ0n) is 11.1. The number of hydrogen-bond acceptors (Lipinski definition) is 4.